The van der Waals surface area contributed by atoms with Crippen LogP contribution in [0.25, 0.3) is 0 Å². The van der Waals surface area contributed by atoms with Gasteiger partial charge in [-0.05, 0) is 83.5 Å². The summed E-state index contributed by atoms with van der Waals surface area (Å²) >= 11 is 0. The molecule has 0 aliphatic carbocycles. The van der Waals surface area contributed by atoms with Crippen molar-refractivity contribution >= 4 is 99.0 Å². The Balaban J connectivity index is 1.70. The van der Waals surface area contributed by atoms with Crippen molar-refractivity contribution in [3.63, 3.8) is 0 Å². The minimum Gasteiger partial charge on any atom is -0.412 e. The van der Waals surface area contributed by atoms with Crippen LogP contribution in [0.3, 0.4) is 0 Å². The van der Waals surface area contributed by atoms with Crippen molar-refractivity contribution in [2.24, 2.45) is 41.4 Å². The summed E-state index contributed by atoms with van der Waals surface area (Å²) in [4.78, 5) is 26.8. The lowest BCUT2D eigenvalue weighted by atomic mass is 10.3. The van der Waals surface area contributed by atoms with Gasteiger partial charge in [-0.15, -0.1) is 0 Å². The van der Waals surface area contributed by atoms with Crippen molar-refractivity contribution in [1.29, 1.82) is 0 Å². The van der Waals surface area contributed by atoms with Crippen molar-refractivity contribution in [1.82, 2.24) is 0 Å². The fourth-order valence-electron chi connectivity index (χ4n) is 10.0. The van der Waals surface area contributed by atoms with E-state index in [-0.39, 0.29) is 59.6 Å². The van der Waals surface area contributed by atoms with Crippen LogP contribution in [-0.2, 0) is 41.2 Å². The highest BCUT2D eigenvalue weighted by molar-refractivity contribution is 7.80. The van der Waals surface area contributed by atoms with Crippen molar-refractivity contribution < 1.29 is 50.7 Å². The normalized spacial score (nSPS) is 31.3. The van der Waals surface area contributed by atoms with Gasteiger partial charge < -0.3 is 50.7 Å². The highest BCUT2D eigenvalue weighted by atomic mass is 31.1. The first-order valence-corrected chi connectivity index (χ1v) is 43.4. The molecule has 3 aromatic rings. The van der Waals surface area contributed by atoms with E-state index in [9.17, 15) is 9.59 Å². The Kier molecular flexibility index (Phi) is 18.9. The first kappa shape index (κ1) is 57.6. The lowest BCUT2D eigenvalue weighted by molar-refractivity contribution is 0.00461. The van der Waals surface area contributed by atoms with Gasteiger partial charge in [-0.25, -0.2) is 0 Å². The largest absolute Gasteiger partial charge is 0.483 e. The lowest BCUT2D eigenvalue weighted by Crippen LogP contribution is -2.83. The van der Waals surface area contributed by atoms with Crippen molar-refractivity contribution in [3.8, 4) is 0 Å². The molecule has 69 heavy (non-hydrogen) atoms. The van der Waals surface area contributed by atoms with E-state index in [0.29, 0.717) is 24.2 Å². The topological polar surface area (TPSA) is 133 Å². The van der Waals surface area contributed by atoms with Gasteiger partial charge in [0, 0.05) is 42.3 Å². The predicted molar refractivity (Wildman–Crippen MR) is 295 cm³/mol. The number of hydrogen-bond acceptors (Lipinski definition) is 12. The Morgan fingerprint density at radius 2 is 0.710 bits per heavy atom. The second-order valence-corrected chi connectivity index (χ2v) is 49.5. The maximum atomic E-state index is 13.4. The van der Waals surface area contributed by atoms with Crippen molar-refractivity contribution in [2.75, 3.05) is 0 Å². The van der Waals surface area contributed by atoms with Crippen LogP contribution in [0, 0.1) is 41.4 Å². The molecule has 386 valence electrons. The molecule has 3 saturated heterocycles. The van der Waals surface area contributed by atoms with Gasteiger partial charge in [0.1, 0.15) is 0 Å². The molecule has 0 saturated carbocycles. The van der Waals surface area contributed by atoms with Gasteiger partial charge in [0.05, 0.1) is 0 Å². The molecule has 4 unspecified atom stereocenters. The summed E-state index contributed by atoms with van der Waals surface area (Å²) < 4.78 is 77.1. The van der Waals surface area contributed by atoms with Crippen molar-refractivity contribution in [3.05, 3.63) is 84.9 Å². The second kappa shape index (κ2) is 22.7. The lowest BCUT2D eigenvalue weighted by Gasteiger charge is -2.58. The molecule has 6 rings (SSSR count). The Labute approximate surface area is 425 Å². The minimum absolute atomic E-state index is 0.00897. The fraction of sp³-hybridized carbons (Fsp3) is 0.625. The van der Waals surface area contributed by atoms with Gasteiger partial charge in [0.25, 0.3) is 0 Å². The first-order valence-electron chi connectivity index (χ1n) is 25.5. The number of hydrogen-bond donors (Lipinski definition) is 2. The third-order valence-electron chi connectivity index (χ3n) is 11.7. The van der Waals surface area contributed by atoms with Crippen LogP contribution in [0.4, 0.5) is 0 Å². The monoisotopic (exact) mass is 1110 g/mol. The molecule has 0 radical (unpaired) electrons. The summed E-state index contributed by atoms with van der Waals surface area (Å²) in [5, 5.41) is 4.78. The molecular weight excluding hydrogens is 1020 g/mol. The summed E-state index contributed by atoms with van der Waals surface area (Å²) in [5.41, 5.74) is 0. The number of rotatable bonds is 20. The van der Waals surface area contributed by atoms with Gasteiger partial charge in [0.15, 0.2) is 0 Å². The molecule has 21 heteroatoms. The van der Waals surface area contributed by atoms with E-state index in [0.717, 1.165) is 5.19 Å². The van der Waals surface area contributed by atoms with E-state index < -0.39 is 77.9 Å². The summed E-state index contributed by atoms with van der Waals surface area (Å²) in [7, 11) is -34.3. The Morgan fingerprint density at radius 1 is 0.406 bits per heavy atom. The average molecular weight is 1110 g/mol. The van der Waals surface area contributed by atoms with Crippen LogP contribution in [0.15, 0.2) is 84.9 Å². The molecule has 3 fully saturated rings. The molecule has 0 aromatic heterocycles. The zero-order valence-electron chi connectivity index (χ0n) is 44.5. The molecular formula is C48H85O12PSi8. The summed E-state index contributed by atoms with van der Waals surface area (Å²) in [5.74, 6) is -0.171. The third kappa shape index (κ3) is 14.8. The summed E-state index contributed by atoms with van der Waals surface area (Å²) in [6.45, 7) is 33.8. The van der Waals surface area contributed by atoms with E-state index in [1.807, 2.05) is 27.7 Å². The molecule has 0 amide bonds. The summed E-state index contributed by atoms with van der Waals surface area (Å²) in [6.07, 6.45) is 0. The maximum Gasteiger partial charge on any atom is 0.483 e. The first-order chi connectivity index (χ1) is 32.1. The molecule has 3 aliphatic rings. The van der Waals surface area contributed by atoms with Crippen molar-refractivity contribution in [2.45, 2.75) is 152 Å². The standard InChI is InChI=1S/C48H85O12PSi8/c1-38(2)31-63(49)52-66(34-41(7)8)53-64(50,32-39(3)4)55-68(36-43(11)12)57-65(33-40(5)6,56-67(54-63,35-42(9)10)59-69(58-66,60-68)37-44(13)14)51-62(15,16)48-30-24-23-29-47(48)61(45-25-19-17-20-26-45)46-27-21-18-22-28-46/h17-30,38-44,49-50H,31-37H2,1-16H3. The van der Waals surface area contributed by atoms with Crippen LogP contribution in [-0.4, -0.2) is 79.5 Å². The van der Waals surface area contributed by atoms with Crippen LogP contribution in [0.5, 0.6) is 0 Å². The highest BCUT2D eigenvalue weighted by Crippen LogP contribution is 2.51. The zero-order chi connectivity index (χ0) is 50.8. The SMILES string of the molecule is CC(C)C[Si]1(O)O[Si]2(CC(C)C)O[Si](O)(CC(C)C)O[Si]3(CC(C)C)O[Si](CC(C)C)(O2)O[Si](CC(C)C)(O1)O[Si](CC(C)C)(O[Si](C)(C)c1ccccc1P(c1ccccc1)c1ccccc1)O3. The molecule has 0 spiro atoms. The molecule has 12 nitrogen and oxygen atoms in total. The van der Waals surface area contributed by atoms with Gasteiger partial charge in [-0.3, -0.25) is 0 Å². The Bertz CT molecular complexity index is 2030. The van der Waals surface area contributed by atoms with Crippen LogP contribution in [0.1, 0.15) is 96.9 Å². The Morgan fingerprint density at radius 3 is 1.06 bits per heavy atom. The van der Waals surface area contributed by atoms with E-state index in [1.165, 1.54) is 15.9 Å². The van der Waals surface area contributed by atoms with Crippen LogP contribution < -0.4 is 21.1 Å². The third-order valence-corrected chi connectivity index (χ3v) is 51.2. The molecule has 3 aliphatic heterocycles. The van der Waals surface area contributed by atoms with Gasteiger partial charge >= 0.3 is 61.6 Å². The number of benzene rings is 3. The Hall–Kier alpha value is -0.655. The number of fused-ring (bicyclic) bond motifs is 3. The average Bonchev–Trinajstić information content (AvgIpc) is 3.14. The fourth-order valence-corrected chi connectivity index (χ4v) is 58.1. The van der Waals surface area contributed by atoms with E-state index in [2.05, 4.69) is 167 Å². The molecule has 4 bridgehead atoms. The maximum absolute atomic E-state index is 13.4. The van der Waals surface area contributed by atoms with Gasteiger partial charge in [-0.1, -0.05) is 182 Å². The smallest absolute Gasteiger partial charge is 0.412 e. The van der Waals surface area contributed by atoms with E-state index in [1.54, 1.807) is 0 Å². The minimum atomic E-state index is -4.42. The second-order valence-electron chi connectivity index (χ2n) is 23.1. The zero-order valence-corrected chi connectivity index (χ0v) is 53.4. The van der Waals surface area contributed by atoms with Crippen LogP contribution in [0.2, 0.25) is 55.4 Å². The van der Waals surface area contributed by atoms with E-state index >= 15 is 0 Å². The molecule has 3 aromatic carbocycles. The predicted octanol–water partition coefficient (Wildman–Crippen LogP) is 10.2. The summed E-state index contributed by atoms with van der Waals surface area (Å²) in [6, 6.07) is 32.1. The van der Waals surface area contributed by atoms with E-state index in [4.69, 9.17) is 41.2 Å². The van der Waals surface area contributed by atoms with Crippen LogP contribution >= 0.6 is 7.92 Å². The molecule has 3 heterocycles. The molecule has 4 atom stereocenters. The van der Waals surface area contributed by atoms with Gasteiger partial charge in [0.2, 0.25) is 8.32 Å². The quantitative estimate of drug-likeness (QED) is 0.0825. The van der Waals surface area contributed by atoms with Gasteiger partial charge in [-0.2, -0.15) is 0 Å². The molecule has 2 N–H and O–H groups in total. The highest BCUT2D eigenvalue weighted by Gasteiger charge is 2.77.